The number of halogens is 1. The maximum atomic E-state index is 11.6. The number of hydrogen-bond acceptors (Lipinski definition) is 2. The monoisotopic (exact) mass is 293 g/mol. The van der Waals surface area contributed by atoms with Crippen LogP contribution in [0.2, 0.25) is 0 Å². The van der Waals surface area contributed by atoms with Gasteiger partial charge in [-0.1, -0.05) is 12.8 Å². The highest BCUT2D eigenvalue weighted by Gasteiger charge is 2.29. The molecule has 3 atom stereocenters. The Morgan fingerprint density at radius 3 is 2.56 bits per heavy atom. The Labute approximate surface area is 116 Å². The number of nitrogens with zero attached hydrogens (tertiary/aromatic N) is 1. The highest BCUT2D eigenvalue weighted by molar-refractivity contribution is 7.88. The van der Waals surface area contributed by atoms with Crippen molar-refractivity contribution in [3.63, 3.8) is 0 Å². The van der Waals surface area contributed by atoms with Crippen LogP contribution in [-0.4, -0.2) is 37.4 Å². The summed E-state index contributed by atoms with van der Waals surface area (Å²) in [6.07, 6.45) is 9.46. The van der Waals surface area contributed by atoms with Gasteiger partial charge < -0.3 is 0 Å². The molecular weight excluding hydrogens is 270 g/mol. The molecule has 1 aliphatic heterocycles. The molecule has 0 amide bonds. The molecule has 18 heavy (non-hydrogen) atoms. The average molecular weight is 294 g/mol. The van der Waals surface area contributed by atoms with E-state index >= 15 is 0 Å². The molecule has 1 saturated carbocycles. The molecule has 3 nitrogen and oxygen atoms in total. The standard InChI is InChI=1S/C13H24ClNO2S/c1-18(16,17)15-7-3-5-12(10-15)8-11-4-2-6-13(14)9-11/h11-13H,2-10H2,1H3. The van der Waals surface area contributed by atoms with E-state index in [0.717, 1.165) is 32.2 Å². The number of alkyl halides is 1. The van der Waals surface area contributed by atoms with Crippen LogP contribution in [0, 0.1) is 11.8 Å². The zero-order valence-electron chi connectivity index (χ0n) is 11.1. The molecule has 1 saturated heterocycles. The molecule has 0 aromatic rings. The lowest BCUT2D eigenvalue weighted by molar-refractivity contribution is 0.209. The summed E-state index contributed by atoms with van der Waals surface area (Å²) < 4.78 is 24.8. The summed E-state index contributed by atoms with van der Waals surface area (Å²) in [6.45, 7) is 1.43. The largest absolute Gasteiger partial charge is 0.213 e. The van der Waals surface area contributed by atoms with Gasteiger partial charge in [0.2, 0.25) is 10.0 Å². The summed E-state index contributed by atoms with van der Waals surface area (Å²) >= 11 is 6.22. The van der Waals surface area contributed by atoms with Gasteiger partial charge in [0, 0.05) is 18.5 Å². The van der Waals surface area contributed by atoms with E-state index in [2.05, 4.69) is 0 Å². The van der Waals surface area contributed by atoms with Crippen LogP contribution in [0.25, 0.3) is 0 Å². The molecule has 0 N–H and O–H groups in total. The van der Waals surface area contributed by atoms with E-state index < -0.39 is 10.0 Å². The fraction of sp³-hybridized carbons (Fsp3) is 1.00. The highest BCUT2D eigenvalue weighted by atomic mass is 35.5. The van der Waals surface area contributed by atoms with Gasteiger partial charge >= 0.3 is 0 Å². The first-order valence-corrected chi connectivity index (χ1v) is 9.33. The third-order valence-electron chi connectivity index (χ3n) is 4.34. The molecular formula is C13H24ClNO2S. The lowest BCUT2D eigenvalue weighted by Crippen LogP contribution is -2.40. The first kappa shape index (κ1) is 14.6. The van der Waals surface area contributed by atoms with Crippen molar-refractivity contribution < 1.29 is 8.42 Å². The van der Waals surface area contributed by atoms with Crippen LogP contribution in [0.4, 0.5) is 0 Å². The Balaban J connectivity index is 1.86. The molecule has 0 radical (unpaired) electrons. The Morgan fingerprint density at radius 1 is 1.17 bits per heavy atom. The van der Waals surface area contributed by atoms with Gasteiger partial charge in [0.25, 0.3) is 0 Å². The van der Waals surface area contributed by atoms with Gasteiger partial charge in [0.05, 0.1) is 6.26 Å². The van der Waals surface area contributed by atoms with Crippen molar-refractivity contribution in [3.05, 3.63) is 0 Å². The molecule has 0 aromatic carbocycles. The van der Waals surface area contributed by atoms with E-state index in [1.807, 2.05) is 0 Å². The van der Waals surface area contributed by atoms with Crippen LogP contribution in [-0.2, 0) is 10.0 Å². The molecule has 5 heteroatoms. The molecule has 1 heterocycles. The van der Waals surface area contributed by atoms with Gasteiger partial charge in [0.1, 0.15) is 0 Å². The molecule has 0 bridgehead atoms. The molecule has 2 rings (SSSR count). The lowest BCUT2D eigenvalue weighted by Gasteiger charge is -2.34. The molecule has 1 aliphatic carbocycles. The van der Waals surface area contributed by atoms with Crippen LogP contribution in [0.3, 0.4) is 0 Å². The van der Waals surface area contributed by atoms with Crippen LogP contribution >= 0.6 is 11.6 Å². The van der Waals surface area contributed by atoms with Gasteiger partial charge in [-0.25, -0.2) is 12.7 Å². The fourth-order valence-electron chi connectivity index (χ4n) is 3.43. The predicted octanol–water partition coefficient (Wildman–Crippen LogP) is 2.85. The Morgan fingerprint density at radius 2 is 1.89 bits per heavy atom. The summed E-state index contributed by atoms with van der Waals surface area (Å²) in [5, 5.41) is 0.346. The molecule has 2 aliphatic rings. The first-order chi connectivity index (χ1) is 8.45. The van der Waals surface area contributed by atoms with Gasteiger partial charge in [-0.3, -0.25) is 0 Å². The van der Waals surface area contributed by atoms with E-state index in [1.54, 1.807) is 4.31 Å². The van der Waals surface area contributed by atoms with Crippen molar-refractivity contribution in [3.8, 4) is 0 Å². The third-order valence-corrected chi connectivity index (χ3v) is 6.00. The van der Waals surface area contributed by atoms with Crippen LogP contribution in [0.15, 0.2) is 0 Å². The minimum absolute atomic E-state index is 0.346. The number of piperidine rings is 1. The van der Waals surface area contributed by atoms with Gasteiger partial charge in [-0.05, 0) is 43.9 Å². The van der Waals surface area contributed by atoms with E-state index in [0.29, 0.717) is 23.8 Å². The normalized spacial score (nSPS) is 35.6. The lowest BCUT2D eigenvalue weighted by atomic mass is 9.80. The summed E-state index contributed by atoms with van der Waals surface area (Å²) in [7, 11) is -3.00. The van der Waals surface area contributed by atoms with E-state index in [9.17, 15) is 8.42 Å². The predicted molar refractivity (Wildman–Crippen MR) is 75.4 cm³/mol. The summed E-state index contributed by atoms with van der Waals surface area (Å²) in [6, 6.07) is 0. The Hall–Kier alpha value is 0.200. The third kappa shape index (κ3) is 4.10. The van der Waals surface area contributed by atoms with Crippen molar-refractivity contribution in [2.75, 3.05) is 19.3 Å². The zero-order valence-corrected chi connectivity index (χ0v) is 12.7. The maximum absolute atomic E-state index is 11.6. The minimum atomic E-state index is -3.00. The molecule has 0 spiro atoms. The number of hydrogen-bond donors (Lipinski definition) is 0. The summed E-state index contributed by atoms with van der Waals surface area (Å²) in [5.74, 6) is 1.26. The van der Waals surface area contributed by atoms with Gasteiger partial charge in [0.15, 0.2) is 0 Å². The fourth-order valence-corrected chi connectivity index (χ4v) is 4.78. The average Bonchev–Trinajstić information content (AvgIpc) is 2.28. The maximum Gasteiger partial charge on any atom is 0.211 e. The second-order valence-corrected chi connectivity index (χ2v) is 8.59. The van der Waals surface area contributed by atoms with Crippen molar-refractivity contribution in [1.29, 1.82) is 0 Å². The van der Waals surface area contributed by atoms with Crippen molar-refractivity contribution >= 4 is 21.6 Å². The quantitative estimate of drug-likeness (QED) is 0.750. The van der Waals surface area contributed by atoms with Crippen LogP contribution < -0.4 is 0 Å². The van der Waals surface area contributed by atoms with Crippen molar-refractivity contribution in [2.45, 2.75) is 50.3 Å². The van der Waals surface area contributed by atoms with Crippen LogP contribution in [0.1, 0.15) is 44.9 Å². The highest BCUT2D eigenvalue weighted by Crippen LogP contribution is 2.34. The van der Waals surface area contributed by atoms with Crippen LogP contribution in [0.5, 0.6) is 0 Å². The second-order valence-electron chi connectivity index (χ2n) is 5.99. The van der Waals surface area contributed by atoms with E-state index in [1.165, 1.54) is 25.5 Å². The minimum Gasteiger partial charge on any atom is -0.213 e. The molecule has 3 unspecified atom stereocenters. The summed E-state index contributed by atoms with van der Waals surface area (Å²) in [5.41, 5.74) is 0. The van der Waals surface area contributed by atoms with Crippen molar-refractivity contribution in [2.24, 2.45) is 11.8 Å². The molecule has 106 valence electrons. The molecule has 0 aromatic heterocycles. The van der Waals surface area contributed by atoms with E-state index in [4.69, 9.17) is 11.6 Å². The Bertz CT molecular complexity index is 371. The Kier molecular flexibility index (Phi) is 4.95. The first-order valence-electron chi connectivity index (χ1n) is 7.04. The second kappa shape index (κ2) is 6.10. The van der Waals surface area contributed by atoms with Gasteiger partial charge in [-0.15, -0.1) is 11.6 Å². The smallest absolute Gasteiger partial charge is 0.211 e. The van der Waals surface area contributed by atoms with Crippen molar-refractivity contribution in [1.82, 2.24) is 4.31 Å². The SMILES string of the molecule is CS(=O)(=O)N1CCCC(CC2CCCC(Cl)C2)C1. The van der Waals surface area contributed by atoms with E-state index in [-0.39, 0.29) is 0 Å². The zero-order chi connectivity index (χ0) is 13.2. The number of rotatable bonds is 3. The topological polar surface area (TPSA) is 37.4 Å². The summed E-state index contributed by atoms with van der Waals surface area (Å²) in [4.78, 5) is 0. The molecule has 2 fully saturated rings. The van der Waals surface area contributed by atoms with Gasteiger partial charge in [-0.2, -0.15) is 0 Å². The number of sulfonamides is 1.